The third kappa shape index (κ3) is 4.64. The highest BCUT2D eigenvalue weighted by atomic mass is 16.5. The maximum atomic E-state index is 11.4. The topological polar surface area (TPSA) is 78.9 Å². The molecule has 0 aliphatic heterocycles. The first kappa shape index (κ1) is 13.7. The van der Waals surface area contributed by atoms with Crippen molar-refractivity contribution < 1.29 is 19.4 Å². The van der Waals surface area contributed by atoms with E-state index in [1.165, 1.54) is 7.11 Å². The molecule has 0 aromatic carbocycles. The maximum Gasteiger partial charge on any atom is 0.334 e. The zero-order chi connectivity index (χ0) is 11.8. The highest BCUT2D eigenvalue weighted by Gasteiger charge is 2.18. The molecule has 2 N–H and O–H groups in total. The van der Waals surface area contributed by atoms with Crippen LogP contribution in [0.25, 0.3) is 0 Å². The molecular formula is C9H18N2O4. The number of rotatable bonds is 6. The molecule has 0 fully saturated rings. The molecule has 1 atom stereocenters. The number of hydrogen-bond donors (Lipinski definition) is 2. The normalized spacial score (nSPS) is 11.9. The van der Waals surface area contributed by atoms with Gasteiger partial charge in [-0.05, 0) is 13.8 Å². The summed E-state index contributed by atoms with van der Waals surface area (Å²) in [5, 5.41) is 11.1. The highest BCUT2D eigenvalue weighted by Crippen LogP contribution is 1.91. The van der Waals surface area contributed by atoms with Crippen molar-refractivity contribution in [2.24, 2.45) is 0 Å². The summed E-state index contributed by atoms with van der Waals surface area (Å²) in [6.07, 6.45) is -0.996. The summed E-state index contributed by atoms with van der Waals surface area (Å²) >= 11 is 0. The van der Waals surface area contributed by atoms with E-state index in [0.717, 1.165) is 0 Å². The Kier molecular flexibility index (Phi) is 6.44. The van der Waals surface area contributed by atoms with E-state index in [0.29, 0.717) is 13.1 Å². The van der Waals surface area contributed by atoms with Gasteiger partial charge >= 0.3 is 12.0 Å². The lowest BCUT2D eigenvalue weighted by Gasteiger charge is -2.20. The lowest BCUT2D eigenvalue weighted by molar-refractivity contribution is -0.148. The number of nitrogens with one attached hydrogen (secondary N) is 1. The Morgan fingerprint density at radius 3 is 2.27 bits per heavy atom. The molecular weight excluding hydrogens is 200 g/mol. The van der Waals surface area contributed by atoms with Gasteiger partial charge in [0.15, 0.2) is 6.10 Å². The van der Waals surface area contributed by atoms with Gasteiger partial charge in [-0.1, -0.05) is 0 Å². The number of carbonyl (C=O) groups is 2. The number of urea groups is 1. The highest BCUT2D eigenvalue weighted by molar-refractivity contribution is 5.76. The van der Waals surface area contributed by atoms with Crippen molar-refractivity contribution in [3.63, 3.8) is 0 Å². The van der Waals surface area contributed by atoms with Crippen LogP contribution in [-0.2, 0) is 9.53 Å². The van der Waals surface area contributed by atoms with E-state index >= 15 is 0 Å². The van der Waals surface area contributed by atoms with Crippen LogP contribution < -0.4 is 5.32 Å². The first-order valence-corrected chi connectivity index (χ1v) is 4.85. The number of hydrogen-bond acceptors (Lipinski definition) is 3. The molecule has 15 heavy (non-hydrogen) atoms. The number of methoxy groups -OCH3 is 1. The molecule has 0 radical (unpaired) electrons. The Morgan fingerprint density at radius 2 is 1.93 bits per heavy atom. The second-order valence-electron chi connectivity index (χ2n) is 2.92. The van der Waals surface area contributed by atoms with E-state index in [1.807, 2.05) is 13.8 Å². The molecule has 0 rings (SSSR count). The van der Waals surface area contributed by atoms with Gasteiger partial charge in [-0.15, -0.1) is 0 Å². The zero-order valence-electron chi connectivity index (χ0n) is 9.32. The van der Waals surface area contributed by atoms with Gasteiger partial charge in [-0.25, -0.2) is 9.59 Å². The first-order chi connectivity index (χ1) is 7.06. The van der Waals surface area contributed by atoms with Gasteiger partial charge in [-0.3, -0.25) is 0 Å². The van der Waals surface area contributed by atoms with Crippen LogP contribution in [0.2, 0.25) is 0 Å². The van der Waals surface area contributed by atoms with Crippen LogP contribution in [-0.4, -0.2) is 54.9 Å². The Balaban J connectivity index is 4.02. The van der Waals surface area contributed by atoms with Gasteiger partial charge in [-0.2, -0.15) is 0 Å². The smallest absolute Gasteiger partial charge is 0.334 e. The zero-order valence-corrected chi connectivity index (χ0v) is 9.32. The average Bonchev–Trinajstić information content (AvgIpc) is 2.20. The van der Waals surface area contributed by atoms with E-state index in [2.05, 4.69) is 10.1 Å². The van der Waals surface area contributed by atoms with Crippen molar-refractivity contribution in [3.05, 3.63) is 0 Å². The van der Waals surface area contributed by atoms with Crippen molar-refractivity contribution in [1.29, 1.82) is 0 Å². The molecule has 6 nitrogen and oxygen atoms in total. The summed E-state index contributed by atoms with van der Waals surface area (Å²) in [7, 11) is 1.29. The molecule has 2 amide bonds. The van der Waals surface area contributed by atoms with Crippen LogP contribution in [0.5, 0.6) is 0 Å². The summed E-state index contributed by atoms with van der Waals surface area (Å²) in [6.45, 7) is 4.86. The van der Waals surface area contributed by atoms with Gasteiger partial charge in [0, 0.05) is 20.2 Å². The van der Waals surface area contributed by atoms with Crippen LogP contribution in [0.1, 0.15) is 13.8 Å². The second kappa shape index (κ2) is 7.05. The largest absolute Gasteiger partial charge is 0.479 e. The van der Waals surface area contributed by atoms with E-state index < -0.39 is 12.1 Å². The number of aliphatic carboxylic acids is 1. The fraction of sp³-hybridized carbons (Fsp3) is 0.778. The number of carbonyl (C=O) groups excluding carboxylic acids is 1. The molecule has 0 aromatic rings. The SMILES string of the molecule is CCN(CC)C(=O)NCC(OC)C(=O)O. The summed E-state index contributed by atoms with van der Waals surface area (Å²) in [5.41, 5.74) is 0. The number of nitrogens with zero attached hydrogens (tertiary/aromatic N) is 1. The van der Waals surface area contributed by atoms with Crippen molar-refractivity contribution in [2.75, 3.05) is 26.7 Å². The summed E-state index contributed by atoms with van der Waals surface area (Å²) in [5.74, 6) is -1.09. The first-order valence-electron chi connectivity index (χ1n) is 4.85. The predicted molar refractivity (Wildman–Crippen MR) is 54.8 cm³/mol. The molecule has 0 aliphatic rings. The monoisotopic (exact) mass is 218 g/mol. The van der Waals surface area contributed by atoms with E-state index in [1.54, 1.807) is 4.90 Å². The summed E-state index contributed by atoms with van der Waals surface area (Å²) < 4.78 is 4.68. The van der Waals surface area contributed by atoms with E-state index in [9.17, 15) is 9.59 Å². The molecule has 0 saturated carbocycles. The Labute approximate surface area is 89.2 Å². The van der Waals surface area contributed by atoms with Crippen LogP contribution in [0.15, 0.2) is 0 Å². The van der Waals surface area contributed by atoms with Crippen LogP contribution in [0.3, 0.4) is 0 Å². The Hall–Kier alpha value is -1.30. The summed E-state index contributed by atoms with van der Waals surface area (Å²) in [6, 6.07) is -0.275. The van der Waals surface area contributed by atoms with Crippen LogP contribution in [0.4, 0.5) is 4.79 Å². The molecule has 0 bridgehead atoms. The lowest BCUT2D eigenvalue weighted by Crippen LogP contribution is -2.44. The maximum absolute atomic E-state index is 11.4. The average molecular weight is 218 g/mol. The minimum absolute atomic E-state index is 0.0266. The van der Waals surface area contributed by atoms with E-state index in [4.69, 9.17) is 5.11 Å². The quantitative estimate of drug-likeness (QED) is 0.664. The van der Waals surface area contributed by atoms with Crippen molar-refractivity contribution in [3.8, 4) is 0 Å². The minimum atomic E-state index is -1.09. The Bertz CT molecular complexity index is 216. The summed E-state index contributed by atoms with van der Waals surface area (Å²) in [4.78, 5) is 23.5. The minimum Gasteiger partial charge on any atom is -0.479 e. The molecule has 88 valence electrons. The molecule has 0 spiro atoms. The molecule has 0 heterocycles. The lowest BCUT2D eigenvalue weighted by atomic mass is 10.3. The molecule has 0 saturated heterocycles. The van der Waals surface area contributed by atoms with Gasteiger partial charge in [0.1, 0.15) is 0 Å². The number of amides is 2. The van der Waals surface area contributed by atoms with Crippen LogP contribution >= 0.6 is 0 Å². The Morgan fingerprint density at radius 1 is 1.40 bits per heavy atom. The number of carboxylic acid groups (broad SMARTS) is 1. The van der Waals surface area contributed by atoms with Gasteiger partial charge in [0.05, 0.1) is 6.54 Å². The van der Waals surface area contributed by atoms with Gasteiger partial charge in [0.25, 0.3) is 0 Å². The number of ether oxygens (including phenoxy) is 1. The third-order valence-corrected chi connectivity index (χ3v) is 2.05. The predicted octanol–water partition coefficient (Wildman–Crippen LogP) is 0.137. The fourth-order valence-corrected chi connectivity index (χ4v) is 1.07. The second-order valence-corrected chi connectivity index (χ2v) is 2.92. The van der Waals surface area contributed by atoms with Crippen molar-refractivity contribution >= 4 is 12.0 Å². The number of carboxylic acids is 1. The van der Waals surface area contributed by atoms with Crippen molar-refractivity contribution in [1.82, 2.24) is 10.2 Å². The van der Waals surface area contributed by atoms with Crippen LogP contribution in [0, 0.1) is 0 Å². The molecule has 0 aliphatic carbocycles. The molecule has 6 heteroatoms. The van der Waals surface area contributed by atoms with Gasteiger partial charge < -0.3 is 20.1 Å². The van der Waals surface area contributed by atoms with E-state index in [-0.39, 0.29) is 12.6 Å². The third-order valence-electron chi connectivity index (χ3n) is 2.05. The fourth-order valence-electron chi connectivity index (χ4n) is 1.07. The van der Waals surface area contributed by atoms with Gasteiger partial charge in [0.2, 0.25) is 0 Å². The van der Waals surface area contributed by atoms with Crippen molar-refractivity contribution in [2.45, 2.75) is 20.0 Å². The molecule has 1 unspecified atom stereocenters. The molecule has 0 aromatic heterocycles. The standard InChI is InChI=1S/C9H18N2O4/c1-4-11(5-2)9(14)10-6-7(15-3)8(12)13/h7H,4-6H2,1-3H3,(H,10,14)(H,12,13).